The van der Waals surface area contributed by atoms with Crippen LogP contribution in [0.4, 0.5) is 34.1 Å². The molecule has 1 aliphatic carbocycles. The largest absolute Gasteiger partial charge is 0.311 e. The molecule has 0 fully saturated rings. The summed E-state index contributed by atoms with van der Waals surface area (Å²) >= 11 is 0. The minimum atomic E-state index is -0.158. The molecule has 0 saturated heterocycles. The van der Waals surface area contributed by atoms with E-state index in [0.717, 1.165) is 5.69 Å². The molecule has 12 rings (SSSR count). The van der Waals surface area contributed by atoms with E-state index in [2.05, 4.69) is 256 Å². The summed E-state index contributed by atoms with van der Waals surface area (Å²) in [5.74, 6) is 0. The molecule has 9 aromatic rings. The van der Waals surface area contributed by atoms with Gasteiger partial charge in [-0.3, -0.25) is 0 Å². The Bertz CT molecular complexity index is 3600. The smallest absolute Gasteiger partial charge is 0.252 e. The second-order valence-electron chi connectivity index (χ2n) is 24.0. The molecule has 4 heteroatoms. The molecule has 0 unspecified atom stereocenters. The van der Waals surface area contributed by atoms with Crippen molar-refractivity contribution >= 4 is 79.0 Å². The molecule has 69 heavy (non-hydrogen) atoms. The lowest BCUT2D eigenvalue weighted by Crippen LogP contribution is -2.61. The van der Waals surface area contributed by atoms with Crippen molar-refractivity contribution in [3.05, 3.63) is 191 Å². The predicted molar refractivity (Wildman–Crippen MR) is 298 cm³/mol. The number of fused-ring (bicyclic) bond motifs is 10. The predicted octanol–water partition coefficient (Wildman–Crippen LogP) is 15.7. The number of hydrogen-bond acceptors (Lipinski definition) is 2. The van der Waals surface area contributed by atoms with Gasteiger partial charge in [-0.15, -0.1) is 0 Å². The highest BCUT2D eigenvalue weighted by Gasteiger charge is 2.46. The highest BCUT2D eigenvalue weighted by molar-refractivity contribution is 7.00. The third-order valence-corrected chi connectivity index (χ3v) is 16.0. The molecule has 0 radical (unpaired) electrons. The van der Waals surface area contributed by atoms with Gasteiger partial charge in [-0.2, -0.15) is 0 Å². The number of aromatic nitrogens is 1. The first-order valence-corrected chi connectivity index (χ1v) is 25.1. The van der Waals surface area contributed by atoms with Crippen LogP contribution in [-0.2, 0) is 21.7 Å². The minimum absolute atomic E-state index is 0.0225. The lowest BCUT2D eigenvalue weighted by molar-refractivity contribution is 0.588. The lowest BCUT2D eigenvalue weighted by atomic mass is 9.33. The molecule has 8 aromatic carbocycles. The van der Waals surface area contributed by atoms with Crippen LogP contribution in [0.5, 0.6) is 0 Å². The van der Waals surface area contributed by atoms with Gasteiger partial charge in [0.25, 0.3) is 6.71 Å². The fourth-order valence-corrected chi connectivity index (χ4v) is 12.3. The van der Waals surface area contributed by atoms with Crippen molar-refractivity contribution < 1.29 is 0 Å². The summed E-state index contributed by atoms with van der Waals surface area (Å²) in [5, 5.41) is 2.54. The van der Waals surface area contributed by atoms with Gasteiger partial charge in [0, 0.05) is 50.3 Å². The molecule has 0 N–H and O–H groups in total. The fraction of sp³-hybridized carbons (Fsp3) is 0.262. The summed E-state index contributed by atoms with van der Waals surface area (Å²) < 4.78 is 2.48. The first-order chi connectivity index (χ1) is 32.7. The Morgan fingerprint density at radius 3 is 1.70 bits per heavy atom. The number of aryl methyl sites for hydroxylation is 2. The molecule has 3 nitrogen and oxygen atoms in total. The average molecular weight is 898 g/mol. The van der Waals surface area contributed by atoms with Crippen molar-refractivity contribution in [3.63, 3.8) is 0 Å². The van der Waals surface area contributed by atoms with Gasteiger partial charge >= 0.3 is 0 Å². The lowest BCUT2D eigenvalue weighted by Gasteiger charge is -2.46. The number of hydrogen-bond donors (Lipinski definition) is 0. The van der Waals surface area contributed by atoms with Crippen LogP contribution in [0, 0.1) is 13.8 Å². The SMILES string of the molecule is Cc1cc(C(C)(C)C)cc(C)c1N1c2cc(C(C)(C)C)ccc2B2c3cc4c5ccccc5n(-c5ccccc5)c4cc3N(c3ccc4c(c3)C(C)(C)c3ccccc3-4)c3cc(C(C)(C)C)cc1c32. The molecule has 3 heterocycles. The Labute approximate surface area is 410 Å². The van der Waals surface area contributed by atoms with Gasteiger partial charge in [0.2, 0.25) is 0 Å². The third-order valence-electron chi connectivity index (χ3n) is 16.0. The fourth-order valence-electron chi connectivity index (χ4n) is 12.3. The Hall–Kier alpha value is -6.78. The number of para-hydroxylation sites is 2. The number of anilines is 6. The van der Waals surface area contributed by atoms with E-state index in [0.29, 0.717) is 0 Å². The molecule has 0 atom stereocenters. The van der Waals surface area contributed by atoms with Crippen molar-refractivity contribution in [2.75, 3.05) is 9.80 Å². The van der Waals surface area contributed by atoms with E-state index in [1.807, 2.05) is 0 Å². The first kappa shape index (κ1) is 43.5. The second kappa shape index (κ2) is 14.6. The van der Waals surface area contributed by atoms with Crippen molar-refractivity contribution in [1.82, 2.24) is 4.57 Å². The topological polar surface area (TPSA) is 11.4 Å². The quantitative estimate of drug-likeness (QED) is 0.164. The molecule has 0 bridgehead atoms. The van der Waals surface area contributed by atoms with E-state index in [-0.39, 0.29) is 28.4 Å². The van der Waals surface area contributed by atoms with E-state index < -0.39 is 0 Å². The van der Waals surface area contributed by atoms with Crippen LogP contribution in [0.2, 0.25) is 0 Å². The molecule has 0 amide bonds. The Balaban J connectivity index is 1.24. The van der Waals surface area contributed by atoms with E-state index in [1.165, 1.54) is 122 Å². The summed E-state index contributed by atoms with van der Waals surface area (Å²) in [4.78, 5) is 5.33. The molecule has 3 aliphatic rings. The molecule has 1 aromatic heterocycles. The van der Waals surface area contributed by atoms with Gasteiger partial charge in [-0.1, -0.05) is 173 Å². The number of nitrogens with zero attached hydrogens (tertiary/aromatic N) is 3. The average Bonchev–Trinajstić information content (AvgIpc) is 3.74. The summed E-state index contributed by atoms with van der Waals surface area (Å²) in [6, 6.07) is 58.8. The van der Waals surface area contributed by atoms with Gasteiger partial charge in [0.1, 0.15) is 0 Å². The van der Waals surface area contributed by atoms with Gasteiger partial charge in [0.05, 0.1) is 16.7 Å². The van der Waals surface area contributed by atoms with E-state index in [4.69, 9.17) is 0 Å². The molecule has 0 spiro atoms. The molecule has 342 valence electrons. The van der Waals surface area contributed by atoms with Crippen LogP contribution < -0.4 is 26.2 Å². The van der Waals surface area contributed by atoms with Gasteiger partial charge in [-0.25, -0.2) is 0 Å². The van der Waals surface area contributed by atoms with E-state index in [9.17, 15) is 0 Å². The summed E-state index contributed by atoms with van der Waals surface area (Å²) in [5.41, 5.74) is 26.8. The molecule has 2 aliphatic heterocycles. The maximum Gasteiger partial charge on any atom is 0.252 e. The van der Waals surface area contributed by atoms with Crippen molar-refractivity contribution in [1.29, 1.82) is 0 Å². The minimum Gasteiger partial charge on any atom is -0.311 e. The number of benzene rings is 8. The zero-order valence-electron chi connectivity index (χ0n) is 42.9. The van der Waals surface area contributed by atoms with Crippen LogP contribution in [0.25, 0.3) is 38.6 Å². The normalized spacial score (nSPS) is 14.8. The summed E-state index contributed by atoms with van der Waals surface area (Å²) in [7, 11) is 0. The van der Waals surface area contributed by atoms with Crippen molar-refractivity contribution in [2.45, 2.75) is 112 Å². The molecule has 0 saturated carbocycles. The first-order valence-electron chi connectivity index (χ1n) is 25.1. The zero-order valence-corrected chi connectivity index (χ0v) is 42.9. The standard InChI is InChI=1S/C65H64BN3/c1-39-31-42(63(6,7)8)32-40(2)61(39)69-56-33-41(62(3,4)5)27-30-52(56)66-53-37-49-48-24-18-20-26-54(48)67(44-21-15-14-16-22-44)55(49)38-57(53)68(58-34-43(64(9,10)11)35-59(69)60(58)66)45-28-29-47-46-23-17-19-25-50(46)65(12,13)51(47)36-45/h14-38H,1-13H3. The Morgan fingerprint density at radius 1 is 0.420 bits per heavy atom. The third kappa shape index (κ3) is 6.40. The van der Waals surface area contributed by atoms with E-state index >= 15 is 0 Å². The van der Waals surface area contributed by atoms with Crippen LogP contribution in [0.3, 0.4) is 0 Å². The maximum atomic E-state index is 2.68. The Morgan fingerprint density at radius 2 is 1.00 bits per heavy atom. The van der Waals surface area contributed by atoms with Gasteiger partial charge in [-0.05, 0) is 151 Å². The van der Waals surface area contributed by atoms with Crippen LogP contribution in [0.15, 0.2) is 152 Å². The monoisotopic (exact) mass is 898 g/mol. The summed E-state index contributed by atoms with van der Waals surface area (Å²) in [6.07, 6.45) is 0. The highest BCUT2D eigenvalue weighted by Crippen LogP contribution is 2.53. The van der Waals surface area contributed by atoms with Gasteiger partial charge in [0.15, 0.2) is 0 Å². The molecular weight excluding hydrogens is 834 g/mol. The van der Waals surface area contributed by atoms with Crippen LogP contribution in [-0.4, -0.2) is 11.3 Å². The van der Waals surface area contributed by atoms with Crippen LogP contribution >= 0.6 is 0 Å². The number of rotatable bonds is 3. The van der Waals surface area contributed by atoms with E-state index in [1.54, 1.807) is 0 Å². The summed E-state index contributed by atoms with van der Waals surface area (Å²) in [6.45, 7) is 30.6. The van der Waals surface area contributed by atoms with Crippen LogP contribution in [0.1, 0.15) is 115 Å². The van der Waals surface area contributed by atoms with Gasteiger partial charge < -0.3 is 14.4 Å². The maximum absolute atomic E-state index is 2.68. The second-order valence-corrected chi connectivity index (χ2v) is 24.0. The van der Waals surface area contributed by atoms with Crippen molar-refractivity contribution in [3.8, 4) is 16.8 Å². The Kier molecular flexibility index (Phi) is 9.22. The van der Waals surface area contributed by atoms with Crippen molar-refractivity contribution in [2.24, 2.45) is 0 Å². The highest BCUT2D eigenvalue weighted by atomic mass is 15.2. The zero-order chi connectivity index (χ0) is 48.3. The molecular formula is C65H64BN3.